The lowest BCUT2D eigenvalue weighted by Crippen LogP contribution is -2.26. The van der Waals surface area contributed by atoms with Crippen molar-refractivity contribution in [2.75, 3.05) is 13.1 Å². The van der Waals surface area contributed by atoms with Crippen molar-refractivity contribution in [2.45, 2.75) is 18.8 Å². The Hall–Kier alpha value is -1.35. The summed E-state index contributed by atoms with van der Waals surface area (Å²) >= 11 is 0. The fraction of sp³-hybridized carbons (Fsp3) is 0.429. The van der Waals surface area contributed by atoms with Crippen molar-refractivity contribution in [3.8, 4) is 0 Å². The number of halogens is 1. The lowest BCUT2D eigenvalue weighted by molar-refractivity contribution is 0.462. The molecule has 1 aromatic heterocycles. The lowest BCUT2D eigenvalue weighted by atomic mass is 9.90. The number of nitrogens with one attached hydrogen (secondary N) is 1. The molecule has 1 saturated heterocycles. The monoisotopic (exact) mass is 232 g/mol. The van der Waals surface area contributed by atoms with Gasteiger partial charge in [-0.3, -0.25) is 0 Å². The number of benzene rings is 1. The number of aromatic nitrogens is 1. The van der Waals surface area contributed by atoms with Gasteiger partial charge in [0.25, 0.3) is 0 Å². The van der Waals surface area contributed by atoms with Gasteiger partial charge in [0.05, 0.1) is 0 Å². The molecule has 0 saturated carbocycles. The number of piperidine rings is 1. The van der Waals surface area contributed by atoms with Crippen LogP contribution >= 0.6 is 0 Å². The molecule has 0 aliphatic carbocycles. The molecule has 2 heterocycles. The van der Waals surface area contributed by atoms with Crippen molar-refractivity contribution in [1.29, 1.82) is 0 Å². The Bertz CT molecular complexity index is 538. The summed E-state index contributed by atoms with van der Waals surface area (Å²) in [7, 11) is 2.03. The molecule has 0 radical (unpaired) electrons. The van der Waals surface area contributed by atoms with E-state index in [0.29, 0.717) is 5.92 Å². The average Bonchev–Trinajstić information content (AvgIpc) is 2.67. The number of fused-ring (bicyclic) bond motifs is 1. The molecule has 0 spiro atoms. The van der Waals surface area contributed by atoms with Crippen LogP contribution in [0.15, 0.2) is 24.4 Å². The molecular weight excluding hydrogens is 215 g/mol. The maximum Gasteiger partial charge on any atom is 0.123 e. The molecule has 3 heteroatoms. The minimum Gasteiger partial charge on any atom is -0.350 e. The molecule has 2 aromatic rings. The topological polar surface area (TPSA) is 17.0 Å². The van der Waals surface area contributed by atoms with Crippen molar-refractivity contribution < 1.29 is 4.39 Å². The molecule has 2 nitrogen and oxygen atoms in total. The van der Waals surface area contributed by atoms with Crippen LogP contribution in [-0.4, -0.2) is 17.7 Å². The van der Waals surface area contributed by atoms with E-state index in [2.05, 4.69) is 16.1 Å². The maximum absolute atomic E-state index is 13.4. The van der Waals surface area contributed by atoms with Crippen molar-refractivity contribution in [3.63, 3.8) is 0 Å². The summed E-state index contributed by atoms with van der Waals surface area (Å²) in [6.45, 7) is 2.13. The van der Waals surface area contributed by atoms with E-state index >= 15 is 0 Å². The van der Waals surface area contributed by atoms with Gasteiger partial charge in [0.15, 0.2) is 0 Å². The SMILES string of the molecule is Cn1cc(C2CCNCC2)c2cc(F)ccc21. The summed E-state index contributed by atoms with van der Waals surface area (Å²) in [6.07, 6.45) is 4.46. The summed E-state index contributed by atoms with van der Waals surface area (Å²) in [5.41, 5.74) is 2.43. The van der Waals surface area contributed by atoms with E-state index < -0.39 is 0 Å². The predicted molar refractivity (Wildman–Crippen MR) is 67.7 cm³/mol. The first-order chi connectivity index (χ1) is 8.25. The van der Waals surface area contributed by atoms with Gasteiger partial charge in [-0.2, -0.15) is 0 Å². The second-order valence-electron chi connectivity index (χ2n) is 4.88. The van der Waals surface area contributed by atoms with E-state index in [-0.39, 0.29) is 5.82 Å². The zero-order valence-electron chi connectivity index (χ0n) is 10.0. The van der Waals surface area contributed by atoms with Gasteiger partial charge in [-0.1, -0.05) is 0 Å². The molecule has 1 aliphatic rings. The van der Waals surface area contributed by atoms with E-state index in [1.165, 1.54) is 11.6 Å². The van der Waals surface area contributed by atoms with Gasteiger partial charge in [0, 0.05) is 24.1 Å². The highest BCUT2D eigenvalue weighted by Gasteiger charge is 2.19. The summed E-state index contributed by atoms with van der Waals surface area (Å²) < 4.78 is 15.5. The molecule has 0 unspecified atom stereocenters. The van der Waals surface area contributed by atoms with Gasteiger partial charge in [-0.15, -0.1) is 0 Å². The average molecular weight is 232 g/mol. The first-order valence-corrected chi connectivity index (χ1v) is 6.21. The van der Waals surface area contributed by atoms with E-state index in [9.17, 15) is 4.39 Å². The molecule has 0 atom stereocenters. The fourth-order valence-corrected chi connectivity index (χ4v) is 2.85. The third-order valence-corrected chi connectivity index (χ3v) is 3.76. The maximum atomic E-state index is 13.4. The van der Waals surface area contributed by atoms with Gasteiger partial charge in [0.2, 0.25) is 0 Å². The van der Waals surface area contributed by atoms with E-state index in [1.807, 2.05) is 13.1 Å². The van der Waals surface area contributed by atoms with Gasteiger partial charge < -0.3 is 9.88 Å². The third-order valence-electron chi connectivity index (χ3n) is 3.76. The third kappa shape index (κ3) is 1.84. The Morgan fingerprint density at radius 3 is 2.82 bits per heavy atom. The Morgan fingerprint density at radius 1 is 1.29 bits per heavy atom. The van der Waals surface area contributed by atoms with Crippen LogP contribution in [-0.2, 0) is 7.05 Å². The number of hydrogen-bond donors (Lipinski definition) is 1. The Labute approximate surface area is 100 Å². The minimum absolute atomic E-state index is 0.140. The zero-order valence-corrected chi connectivity index (χ0v) is 10.0. The van der Waals surface area contributed by atoms with Crippen molar-refractivity contribution >= 4 is 10.9 Å². The lowest BCUT2D eigenvalue weighted by Gasteiger charge is -2.22. The standard InChI is InChI=1S/C14H17FN2/c1-17-9-13(10-4-6-16-7-5-10)12-8-11(15)2-3-14(12)17/h2-3,8-10,16H,4-7H2,1H3. The number of nitrogens with zero attached hydrogens (tertiary/aromatic N) is 1. The van der Waals surface area contributed by atoms with Crippen LogP contribution in [0.1, 0.15) is 24.3 Å². The number of rotatable bonds is 1. The number of hydrogen-bond acceptors (Lipinski definition) is 1. The first kappa shape index (κ1) is 10.8. The molecule has 1 N–H and O–H groups in total. The molecule has 1 aliphatic heterocycles. The van der Waals surface area contributed by atoms with Crippen LogP contribution in [0.5, 0.6) is 0 Å². The van der Waals surface area contributed by atoms with Gasteiger partial charge in [-0.25, -0.2) is 4.39 Å². The number of aryl methyl sites for hydroxylation is 1. The molecule has 0 amide bonds. The van der Waals surface area contributed by atoms with Gasteiger partial charge in [-0.05, 0) is 55.6 Å². The molecule has 90 valence electrons. The summed E-state index contributed by atoms with van der Waals surface area (Å²) in [6, 6.07) is 5.08. The highest BCUT2D eigenvalue weighted by atomic mass is 19.1. The predicted octanol–water partition coefficient (Wildman–Crippen LogP) is 2.78. The second kappa shape index (κ2) is 4.15. The molecule has 0 bridgehead atoms. The highest BCUT2D eigenvalue weighted by molar-refractivity contribution is 5.84. The summed E-state index contributed by atoms with van der Waals surface area (Å²) in [5.74, 6) is 0.431. The van der Waals surface area contributed by atoms with Crippen molar-refractivity contribution in [3.05, 3.63) is 35.8 Å². The minimum atomic E-state index is -0.140. The Morgan fingerprint density at radius 2 is 2.06 bits per heavy atom. The van der Waals surface area contributed by atoms with Crippen LogP contribution in [0.2, 0.25) is 0 Å². The molecule has 1 fully saturated rings. The summed E-state index contributed by atoms with van der Waals surface area (Å²) in [5, 5.41) is 4.45. The van der Waals surface area contributed by atoms with Crippen LogP contribution in [0.3, 0.4) is 0 Å². The molecule has 1 aromatic carbocycles. The van der Waals surface area contributed by atoms with E-state index in [4.69, 9.17) is 0 Å². The highest BCUT2D eigenvalue weighted by Crippen LogP contribution is 2.32. The van der Waals surface area contributed by atoms with E-state index in [1.54, 1.807) is 6.07 Å². The molecule has 17 heavy (non-hydrogen) atoms. The quantitative estimate of drug-likeness (QED) is 0.800. The van der Waals surface area contributed by atoms with Gasteiger partial charge >= 0.3 is 0 Å². The largest absolute Gasteiger partial charge is 0.350 e. The van der Waals surface area contributed by atoms with Crippen molar-refractivity contribution in [2.24, 2.45) is 7.05 Å². The first-order valence-electron chi connectivity index (χ1n) is 6.21. The van der Waals surface area contributed by atoms with Gasteiger partial charge in [0.1, 0.15) is 5.82 Å². The zero-order chi connectivity index (χ0) is 11.8. The molecular formula is C14H17FN2. The smallest absolute Gasteiger partial charge is 0.123 e. The van der Waals surface area contributed by atoms with Crippen LogP contribution in [0.4, 0.5) is 4.39 Å². The Balaban J connectivity index is 2.11. The van der Waals surface area contributed by atoms with Crippen LogP contribution < -0.4 is 5.32 Å². The Kier molecular flexibility index (Phi) is 2.63. The second-order valence-corrected chi connectivity index (χ2v) is 4.88. The van der Waals surface area contributed by atoms with Crippen LogP contribution in [0.25, 0.3) is 10.9 Å². The van der Waals surface area contributed by atoms with Crippen LogP contribution in [0, 0.1) is 5.82 Å². The van der Waals surface area contributed by atoms with E-state index in [0.717, 1.165) is 36.8 Å². The summed E-state index contributed by atoms with van der Waals surface area (Å²) in [4.78, 5) is 0. The normalized spacial score (nSPS) is 17.8. The fourth-order valence-electron chi connectivity index (χ4n) is 2.85. The van der Waals surface area contributed by atoms with Crippen molar-refractivity contribution in [1.82, 2.24) is 9.88 Å². The molecule has 3 rings (SSSR count).